The van der Waals surface area contributed by atoms with Crippen molar-refractivity contribution in [1.29, 1.82) is 0 Å². The zero-order valence-electron chi connectivity index (χ0n) is 22.2. The average Bonchev–Trinajstić information content (AvgIpc) is 3.22. The number of likely N-dealkylation sites (tertiary alicyclic amines) is 1. The maximum Gasteiger partial charge on any atom is 0.269 e. The zero-order chi connectivity index (χ0) is 25.8. The number of piperidine rings is 1. The van der Waals surface area contributed by atoms with Gasteiger partial charge in [0.1, 0.15) is 0 Å². The lowest BCUT2D eigenvalue weighted by Gasteiger charge is -2.62. The molecule has 2 amide bonds. The fraction of sp³-hybridized carbons (Fsp3) is 0.724. The van der Waals surface area contributed by atoms with Gasteiger partial charge in [-0.3, -0.25) is 19.7 Å². The Kier molecular flexibility index (Phi) is 6.40. The van der Waals surface area contributed by atoms with Crippen molar-refractivity contribution >= 4 is 17.5 Å². The highest BCUT2D eigenvalue weighted by Gasteiger charge is 2.61. The van der Waals surface area contributed by atoms with E-state index in [4.69, 9.17) is 0 Å². The molecule has 3 saturated carbocycles. The Labute approximate surface area is 214 Å². The third-order valence-corrected chi connectivity index (χ3v) is 11.2. The smallest absolute Gasteiger partial charge is 0.269 e. The van der Waals surface area contributed by atoms with E-state index in [9.17, 15) is 19.7 Å². The topological polar surface area (TPSA) is 92.5 Å². The summed E-state index contributed by atoms with van der Waals surface area (Å²) in [6, 6.07) is 6.22. The summed E-state index contributed by atoms with van der Waals surface area (Å²) < 4.78 is 0. The predicted molar refractivity (Wildman–Crippen MR) is 138 cm³/mol. The summed E-state index contributed by atoms with van der Waals surface area (Å²) in [7, 11) is 2.02. The van der Waals surface area contributed by atoms with Gasteiger partial charge in [-0.15, -0.1) is 0 Å². The van der Waals surface area contributed by atoms with E-state index in [2.05, 4.69) is 31.0 Å². The lowest BCUT2D eigenvalue weighted by atomic mass is 9.46. The minimum atomic E-state index is -0.450. The quantitative estimate of drug-likeness (QED) is 0.435. The van der Waals surface area contributed by atoms with Gasteiger partial charge in [0.25, 0.3) is 11.6 Å². The van der Waals surface area contributed by atoms with Crippen molar-refractivity contribution in [3.05, 3.63) is 39.9 Å². The van der Waals surface area contributed by atoms with Crippen LogP contribution in [0.25, 0.3) is 0 Å². The molecule has 4 fully saturated rings. The highest BCUT2D eigenvalue weighted by Crippen LogP contribution is 2.67. The SMILES string of the molecule is CC(CNC(=O)c1ccc([N+](=O)[O-])cc1)[C@H]1CC[C@H]2[C@@H]3CC[C@H]4N(C)C(=O)CC[C@]4(C)[C@H]3CC[C@]12C. The number of fused-ring (bicyclic) bond motifs is 5. The van der Waals surface area contributed by atoms with Crippen LogP contribution in [0.3, 0.4) is 0 Å². The highest BCUT2D eigenvalue weighted by atomic mass is 16.6. The molecule has 4 aliphatic rings. The molecular weight excluding hydrogens is 454 g/mol. The number of hydrogen-bond donors (Lipinski definition) is 1. The monoisotopic (exact) mass is 495 g/mol. The summed E-state index contributed by atoms with van der Waals surface area (Å²) in [5, 5.41) is 14.0. The third kappa shape index (κ3) is 3.93. The second kappa shape index (κ2) is 9.14. The number of nitro groups is 1. The van der Waals surface area contributed by atoms with Gasteiger partial charge in [0.05, 0.1) is 4.92 Å². The Hall–Kier alpha value is -2.44. The van der Waals surface area contributed by atoms with Crippen LogP contribution in [0.15, 0.2) is 24.3 Å². The van der Waals surface area contributed by atoms with Crippen LogP contribution >= 0.6 is 0 Å². The highest BCUT2D eigenvalue weighted by molar-refractivity contribution is 5.94. The summed E-state index contributed by atoms with van der Waals surface area (Å²) in [6.45, 7) is 7.90. The Morgan fingerprint density at radius 2 is 1.78 bits per heavy atom. The number of rotatable bonds is 5. The molecule has 1 N–H and O–H groups in total. The van der Waals surface area contributed by atoms with Gasteiger partial charge in [-0.1, -0.05) is 20.8 Å². The molecule has 7 heteroatoms. The van der Waals surface area contributed by atoms with Crippen molar-refractivity contribution in [2.75, 3.05) is 13.6 Å². The summed E-state index contributed by atoms with van der Waals surface area (Å²) in [4.78, 5) is 37.6. The standard InChI is InChI=1S/C29H41N3O4/c1-18(17-30-27(34)19-5-7-20(8-6-19)32(35)36)22-10-11-23-21-9-12-25-29(3,16-14-26(33)31(25)4)24(21)13-15-28(22,23)2/h5-8,18,21-25H,9-17H2,1-4H3,(H,30,34)/t18?,21-,22+,23-,24-,25+,28+,29+/m0/s1. The van der Waals surface area contributed by atoms with E-state index in [0.29, 0.717) is 53.6 Å². The lowest BCUT2D eigenvalue weighted by molar-refractivity contribution is -0.384. The molecular formula is C29H41N3O4. The number of nitrogens with zero attached hydrogens (tertiary/aromatic N) is 2. The molecule has 0 radical (unpaired) electrons. The normalized spacial score (nSPS) is 38.5. The van der Waals surface area contributed by atoms with Crippen LogP contribution in [0, 0.1) is 50.5 Å². The van der Waals surface area contributed by atoms with Crippen molar-refractivity contribution < 1.29 is 14.5 Å². The predicted octanol–water partition coefficient (Wildman–Crippen LogP) is 5.44. The summed E-state index contributed by atoms with van der Waals surface area (Å²) >= 11 is 0. The van der Waals surface area contributed by atoms with Crippen LogP contribution in [-0.4, -0.2) is 41.3 Å². The summed E-state index contributed by atoms with van der Waals surface area (Å²) in [5.74, 6) is 3.31. The van der Waals surface area contributed by atoms with E-state index in [1.807, 2.05) is 7.05 Å². The van der Waals surface area contributed by atoms with Gasteiger partial charge in [-0.25, -0.2) is 0 Å². The molecule has 8 atom stereocenters. The van der Waals surface area contributed by atoms with Gasteiger partial charge in [-0.2, -0.15) is 0 Å². The molecule has 0 bridgehead atoms. The van der Waals surface area contributed by atoms with Gasteiger partial charge in [-0.05, 0) is 97.5 Å². The van der Waals surface area contributed by atoms with Gasteiger partial charge < -0.3 is 10.2 Å². The van der Waals surface area contributed by atoms with Crippen molar-refractivity contribution in [2.45, 2.75) is 78.2 Å². The summed E-state index contributed by atoms with van der Waals surface area (Å²) in [5.41, 5.74) is 1.01. The van der Waals surface area contributed by atoms with Crippen LogP contribution in [0.5, 0.6) is 0 Å². The molecule has 36 heavy (non-hydrogen) atoms. The first-order chi connectivity index (χ1) is 17.1. The van der Waals surface area contributed by atoms with E-state index in [0.717, 1.165) is 24.7 Å². The first-order valence-corrected chi connectivity index (χ1v) is 13.8. The van der Waals surface area contributed by atoms with E-state index >= 15 is 0 Å². The van der Waals surface area contributed by atoms with Crippen molar-refractivity contribution in [2.24, 2.45) is 40.4 Å². The largest absolute Gasteiger partial charge is 0.352 e. The van der Waals surface area contributed by atoms with Crippen LogP contribution in [0.4, 0.5) is 5.69 Å². The minimum absolute atomic E-state index is 0.00481. The van der Waals surface area contributed by atoms with Crippen LogP contribution in [-0.2, 0) is 4.79 Å². The molecule has 1 heterocycles. The molecule has 1 aromatic carbocycles. The first-order valence-electron chi connectivity index (χ1n) is 13.8. The summed E-state index contributed by atoms with van der Waals surface area (Å²) in [6.07, 6.45) is 9.10. The number of non-ortho nitro benzene ring substituents is 1. The average molecular weight is 496 g/mol. The number of amides is 2. The lowest BCUT2D eigenvalue weighted by Crippen LogP contribution is -2.61. The molecule has 1 saturated heterocycles. The van der Waals surface area contributed by atoms with Gasteiger partial charge >= 0.3 is 0 Å². The molecule has 196 valence electrons. The Balaban J connectivity index is 1.24. The molecule has 0 aromatic heterocycles. The van der Waals surface area contributed by atoms with Crippen molar-refractivity contribution in [3.63, 3.8) is 0 Å². The Morgan fingerprint density at radius 3 is 2.47 bits per heavy atom. The second-order valence-corrected chi connectivity index (χ2v) is 12.7. The van der Waals surface area contributed by atoms with Crippen LogP contribution in [0.2, 0.25) is 0 Å². The molecule has 5 rings (SSSR count). The van der Waals surface area contributed by atoms with Crippen LogP contribution in [0.1, 0.15) is 82.5 Å². The zero-order valence-corrected chi connectivity index (χ0v) is 22.2. The number of carbonyl (C=O) groups is 2. The van der Waals surface area contributed by atoms with Crippen molar-refractivity contribution in [1.82, 2.24) is 10.2 Å². The van der Waals surface area contributed by atoms with Crippen LogP contribution < -0.4 is 5.32 Å². The molecule has 1 unspecified atom stereocenters. The van der Waals surface area contributed by atoms with E-state index in [1.54, 1.807) is 0 Å². The fourth-order valence-electron chi connectivity index (χ4n) is 9.36. The van der Waals surface area contributed by atoms with Crippen molar-refractivity contribution in [3.8, 4) is 0 Å². The number of carbonyl (C=O) groups excluding carboxylic acids is 2. The molecule has 0 spiro atoms. The van der Waals surface area contributed by atoms with E-state index in [1.165, 1.54) is 56.4 Å². The fourth-order valence-corrected chi connectivity index (χ4v) is 9.36. The van der Waals surface area contributed by atoms with E-state index in [-0.39, 0.29) is 17.0 Å². The molecule has 1 aromatic rings. The van der Waals surface area contributed by atoms with E-state index < -0.39 is 4.92 Å². The third-order valence-electron chi connectivity index (χ3n) is 11.2. The maximum atomic E-state index is 12.7. The number of nitrogens with one attached hydrogen (secondary N) is 1. The van der Waals surface area contributed by atoms with Gasteiger partial charge in [0, 0.05) is 43.8 Å². The maximum absolute atomic E-state index is 12.7. The number of benzene rings is 1. The molecule has 3 aliphatic carbocycles. The first kappa shape index (κ1) is 25.2. The van der Waals surface area contributed by atoms with Gasteiger partial charge in [0.2, 0.25) is 5.91 Å². The van der Waals surface area contributed by atoms with Gasteiger partial charge in [0.15, 0.2) is 0 Å². The number of hydrogen-bond acceptors (Lipinski definition) is 4. The molecule has 7 nitrogen and oxygen atoms in total. The molecule has 1 aliphatic heterocycles. The minimum Gasteiger partial charge on any atom is -0.352 e. The number of nitro benzene ring substituents is 1. The Morgan fingerprint density at radius 1 is 1.08 bits per heavy atom. The second-order valence-electron chi connectivity index (χ2n) is 12.7. The Bertz CT molecular complexity index is 1040.